The van der Waals surface area contributed by atoms with Gasteiger partial charge in [-0.25, -0.2) is 0 Å². The molecule has 5 heteroatoms. The predicted octanol–water partition coefficient (Wildman–Crippen LogP) is 5.48. The van der Waals surface area contributed by atoms with E-state index in [0.717, 1.165) is 6.42 Å². The first-order chi connectivity index (χ1) is 15.7. The molecule has 0 saturated heterocycles. The SMILES string of the molecule is O=C(NCCC(c1ccccc1)c1ccccc1)c1ccc(NC(=O)c2ccco2)cc1. The lowest BCUT2D eigenvalue weighted by Gasteiger charge is -2.18. The Morgan fingerprint density at radius 1 is 0.719 bits per heavy atom. The molecule has 0 aliphatic carbocycles. The minimum absolute atomic E-state index is 0.145. The second kappa shape index (κ2) is 10.3. The summed E-state index contributed by atoms with van der Waals surface area (Å²) in [4.78, 5) is 24.7. The Labute approximate surface area is 187 Å². The van der Waals surface area contributed by atoms with Crippen LogP contribution in [0.15, 0.2) is 108 Å². The van der Waals surface area contributed by atoms with E-state index in [1.54, 1.807) is 36.4 Å². The highest BCUT2D eigenvalue weighted by Crippen LogP contribution is 2.27. The summed E-state index contributed by atoms with van der Waals surface area (Å²) in [5.41, 5.74) is 3.59. The molecule has 0 atom stereocenters. The van der Waals surface area contributed by atoms with Crippen LogP contribution in [-0.4, -0.2) is 18.4 Å². The quantitative estimate of drug-likeness (QED) is 0.393. The molecule has 0 unspecified atom stereocenters. The number of benzene rings is 3. The topological polar surface area (TPSA) is 71.3 Å². The van der Waals surface area contributed by atoms with Gasteiger partial charge in [-0.05, 0) is 53.9 Å². The van der Waals surface area contributed by atoms with Crippen LogP contribution >= 0.6 is 0 Å². The monoisotopic (exact) mass is 424 g/mol. The van der Waals surface area contributed by atoms with Crippen molar-refractivity contribution in [3.8, 4) is 0 Å². The van der Waals surface area contributed by atoms with Crippen LogP contribution in [0.1, 0.15) is 44.4 Å². The largest absolute Gasteiger partial charge is 0.459 e. The van der Waals surface area contributed by atoms with Gasteiger partial charge in [-0.3, -0.25) is 9.59 Å². The van der Waals surface area contributed by atoms with Gasteiger partial charge in [-0.2, -0.15) is 0 Å². The number of furan rings is 1. The standard InChI is InChI=1S/C27H24N2O3/c30-26(22-13-15-23(16-14-22)29-27(31)25-12-7-19-32-25)28-18-17-24(20-8-3-1-4-9-20)21-10-5-2-6-11-21/h1-16,19,24H,17-18H2,(H,28,30)(H,29,31). The maximum absolute atomic E-state index is 12.6. The van der Waals surface area contributed by atoms with Crippen molar-refractivity contribution in [1.29, 1.82) is 0 Å². The van der Waals surface area contributed by atoms with Gasteiger partial charge in [0, 0.05) is 23.7 Å². The second-order valence-corrected chi connectivity index (χ2v) is 7.43. The van der Waals surface area contributed by atoms with Crippen molar-refractivity contribution in [1.82, 2.24) is 5.32 Å². The van der Waals surface area contributed by atoms with Gasteiger partial charge in [-0.15, -0.1) is 0 Å². The first kappa shape index (κ1) is 21.1. The first-order valence-corrected chi connectivity index (χ1v) is 10.5. The lowest BCUT2D eigenvalue weighted by molar-refractivity contribution is 0.0952. The van der Waals surface area contributed by atoms with E-state index in [-0.39, 0.29) is 23.5 Å². The van der Waals surface area contributed by atoms with Crippen molar-refractivity contribution in [3.63, 3.8) is 0 Å². The van der Waals surface area contributed by atoms with Crippen molar-refractivity contribution >= 4 is 17.5 Å². The number of carbonyl (C=O) groups excluding carboxylic acids is 2. The van der Waals surface area contributed by atoms with Gasteiger partial charge >= 0.3 is 0 Å². The zero-order chi connectivity index (χ0) is 22.2. The number of hydrogen-bond acceptors (Lipinski definition) is 3. The number of nitrogens with one attached hydrogen (secondary N) is 2. The molecule has 0 fully saturated rings. The van der Waals surface area contributed by atoms with Gasteiger partial charge in [0.1, 0.15) is 0 Å². The summed E-state index contributed by atoms with van der Waals surface area (Å²) in [6, 6.07) is 30.7. The Hall–Kier alpha value is -4.12. The fourth-order valence-corrected chi connectivity index (χ4v) is 3.63. The van der Waals surface area contributed by atoms with E-state index in [1.807, 2.05) is 36.4 Å². The molecule has 5 nitrogen and oxygen atoms in total. The highest BCUT2D eigenvalue weighted by Gasteiger charge is 2.15. The van der Waals surface area contributed by atoms with Gasteiger partial charge in [0.25, 0.3) is 11.8 Å². The van der Waals surface area contributed by atoms with Gasteiger partial charge in [0.15, 0.2) is 5.76 Å². The summed E-state index contributed by atoms with van der Waals surface area (Å²) < 4.78 is 5.08. The van der Waals surface area contributed by atoms with Crippen molar-refractivity contribution < 1.29 is 14.0 Å². The molecule has 0 aliphatic rings. The van der Waals surface area contributed by atoms with Crippen LogP contribution < -0.4 is 10.6 Å². The Morgan fingerprint density at radius 3 is 1.91 bits per heavy atom. The maximum atomic E-state index is 12.6. The van der Waals surface area contributed by atoms with Crippen LogP contribution in [0.3, 0.4) is 0 Å². The van der Waals surface area contributed by atoms with E-state index in [4.69, 9.17) is 4.42 Å². The van der Waals surface area contributed by atoms with Gasteiger partial charge in [-0.1, -0.05) is 60.7 Å². The van der Waals surface area contributed by atoms with Gasteiger partial charge in [0.05, 0.1) is 6.26 Å². The molecule has 3 aromatic carbocycles. The third kappa shape index (κ3) is 5.32. The average Bonchev–Trinajstić information content (AvgIpc) is 3.39. The van der Waals surface area contributed by atoms with Crippen molar-refractivity contribution in [2.45, 2.75) is 12.3 Å². The number of carbonyl (C=O) groups is 2. The fourth-order valence-electron chi connectivity index (χ4n) is 3.63. The molecule has 4 rings (SSSR count). The van der Waals surface area contributed by atoms with E-state index >= 15 is 0 Å². The Morgan fingerprint density at radius 2 is 1.34 bits per heavy atom. The zero-order valence-corrected chi connectivity index (χ0v) is 17.5. The second-order valence-electron chi connectivity index (χ2n) is 7.43. The molecular formula is C27H24N2O3. The average molecular weight is 425 g/mol. The molecule has 0 spiro atoms. The molecule has 4 aromatic rings. The number of rotatable bonds is 8. The third-order valence-corrected chi connectivity index (χ3v) is 5.27. The fraction of sp³-hybridized carbons (Fsp3) is 0.111. The first-order valence-electron chi connectivity index (χ1n) is 10.5. The van der Waals surface area contributed by atoms with Crippen molar-refractivity contribution in [3.05, 3.63) is 126 Å². The molecular weight excluding hydrogens is 400 g/mol. The Bertz CT molecular complexity index is 1100. The number of amides is 2. The Balaban J connectivity index is 1.35. The maximum Gasteiger partial charge on any atom is 0.291 e. The van der Waals surface area contributed by atoms with Crippen LogP contribution in [0, 0.1) is 0 Å². The summed E-state index contributed by atoms with van der Waals surface area (Å²) in [5, 5.41) is 5.75. The van der Waals surface area contributed by atoms with Crippen LogP contribution in [0.25, 0.3) is 0 Å². The van der Waals surface area contributed by atoms with Crippen LogP contribution in [-0.2, 0) is 0 Å². The van der Waals surface area contributed by atoms with Crippen LogP contribution in [0.5, 0.6) is 0 Å². The summed E-state index contributed by atoms with van der Waals surface area (Å²) in [6.07, 6.45) is 2.24. The molecule has 2 N–H and O–H groups in total. The highest BCUT2D eigenvalue weighted by molar-refractivity contribution is 6.02. The van der Waals surface area contributed by atoms with Crippen LogP contribution in [0.2, 0.25) is 0 Å². The van der Waals surface area contributed by atoms with E-state index in [0.29, 0.717) is 17.8 Å². The van der Waals surface area contributed by atoms with E-state index < -0.39 is 0 Å². The molecule has 1 heterocycles. The molecule has 0 radical (unpaired) electrons. The van der Waals surface area contributed by atoms with Crippen molar-refractivity contribution in [2.75, 3.05) is 11.9 Å². The third-order valence-electron chi connectivity index (χ3n) is 5.27. The lowest BCUT2D eigenvalue weighted by Crippen LogP contribution is -2.25. The number of hydrogen-bond donors (Lipinski definition) is 2. The molecule has 160 valence electrons. The van der Waals surface area contributed by atoms with Gasteiger partial charge < -0.3 is 15.1 Å². The lowest BCUT2D eigenvalue weighted by atomic mass is 9.88. The molecule has 32 heavy (non-hydrogen) atoms. The summed E-state index contributed by atoms with van der Waals surface area (Å²) in [5.74, 6) is -0.0380. The smallest absolute Gasteiger partial charge is 0.291 e. The highest BCUT2D eigenvalue weighted by atomic mass is 16.3. The molecule has 0 aliphatic heterocycles. The van der Waals surface area contributed by atoms with E-state index in [2.05, 4.69) is 34.9 Å². The van der Waals surface area contributed by atoms with Crippen LogP contribution in [0.4, 0.5) is 5.69 Å². The minimum Gasteiger partial charge on any atom is -0.459 e. The zero-order valence-electron chi connectivity index (χ0n) is 17.5. The van der Waals surface area contributed by atoms with Crippen molar-refractivity contribution in [2.24, 2.45) is 0 Å². The molecule has 0 saturated carbocycles. The molecule has 2 amide bonds. The Kier molecular flexibility index (Phi) is 6.78. The summed E-state index contributed by atoms with van der Waals surface area (Å²) >= 11 is 0. The summed E-state index contributed by atoms with van der Waals surface area (Å²) in [7, 11) is 0. The normalized spacial score (nSPS) is 10.7. The predicted molar refractivity (Wildman–Crippen MR) is 125 cm³/mol. The van der Waals surface area contributed by atoms with Gasteiger partial charge in [0.2, 0.25) is 0 Å². The molecule has 1 aromatic heterocycles. The number of anilines is 1. The molecule has 0 bridgehead atoms. The summed E-state index contributed by atoms with van der Waals surface area (Å²) in [6.45, 7) is 0.546. The minimum atomic E-state index is -0.333. The van der Waals surface area contributed by atoms with E-state index in [1.165, 1.54) is 17.4 Å². The van der Waals surface area contributed by atoms with E-state index in [9.17, 15) is 9.59 Å².